The van der Waals surface area contributed by atoms with E-state index in [1.807, 2.05) is 0 Å². The third-order valence-electron chi connectivity index (χ3n) is 3.77. The van der Waals surface area contributed by atoms with E-state index in [9.17, 15) is 0 Å². The lowest BCUT2D eigenvalue weighted by Gasteiger charge is -2.26. The van der Waals surface area contributed by atoms with Crippen molar-refractivity contribution < 1.29 is 0 Å². The van der Waals surface area contributed by atoms with Crippen molar-refractivity contribution in [3.05, 3.63) is 0 Å². The van der Waals surface area contributed by atoms with Gasteiger partial charge in [0.2, 0.25) is 0 Å². The maximum atomic E-state index is 7.34. The van der Waals surface area contributed by atoms with Gasteiger partial charge in [-0.3, -0.25) is 10.3 Å². The lowest BCUT2D eigenvalue weighted by molar-refractivity contribution is 0.214. The normalized spacial score (nSPS) is 17.4. The molecule has 0 aliphatic heterocycles. The van der Waals surface area contributed by atoms with Crippen LogP contribution in [0, 0.1) is 11.3 Å². The Morgan fingerprint density at radius 3 is 2.59 bits per heavy atom. The van der Waals surface area contributed by atoms with Crippen molar-refractivity contribution in [2.24, 2.45) is 11.7 Å². The molecule has 1 aliphatic carbocycles. The van der Waals surface area contributed by atoms with E-state index in [1.165, 1.54) is 45.1 Å². The van der Waals surface area contributed by atoms with Gasteiger partial charge in [0.15, 0.2) is 0 Å². The minimum Gasteiger partial charge on any atom is -0.388 e. The average molecular weight is 239 g/mol. The molecule has 0 heterocycles. The molecule has 17 heavy (non-hydrogen) atoms. The first-order valence-corrected chi connectivity index (χ1v) is 7.24. The monoisotopic (exact) mass is 239 g/mol. The van der Waals surface area contributed by atoms with Crippen LogP contribution in [0.15, 0.2) is 0 Å². The number of nitrogens with one attached hydrogen (secondary N) is 1. The van der Waals surface area contributed by atoms with E-state index < -0.39 is 0 Å². The zero-order chi connectivity index (χ0) is 12.7. The quantitative estimate of drug-likeness (QED) is 0.455. The standard InChI is InChI=1S/C14H29N3/c1-3-5-6-12(4-2)11-17(13-7-8-13)10-9-14(15)16/h12-13H,3-11H2,1-2H3,(H3,15,16). The summed E-state index contributed by atoms with van der Waals surface area (Å²) in [5, 5.41) is 7.34. The van der Waals surface area contributed by atoms with Gasteiger partial charge in [0.1, 0.15) is 0 Å². The third-order valence-corrected chi connectivity index (χ3v) is 3.77. The first-order chi connectivity index (χ1) is 8.17. The average Bonchev–Trinajstić information content (AvgIpc) is 3.12. The highest BCUT2D eigenvalue weighted by atomic mass is 15.2. The van der Waals surface area contributed by atoms with Gasteiger partial charge in [-0.05, 0) is 25.2 Å². The third kappa shape index (κ3) is 6.06. The summed E-state index contributed by atoms with van der Waals surface area (Å²) in [5.74, 6) is 1.17. The van der Waals surface area contributed by atoms with E-state index >= 15 is 0 Å². The van der Waals surface area contributed by atoms with Gasteiger partial charge in [-0.25, -0.2) is 0 Å². The molecule has 1 saturated carbocycles. The number of amidine groups is 1. The fourth-order valence-corrected chi connectivity index (χ4v) is 2.38. The number of hydrogen-bond donors (Lipinski definition) is 2. The molecular formula is C14H29N3. The van der Waals surface area contributed by atoms with Crippen LogP contribution < -0.4 is 5.73 Å². The Morgan fingerprint density at radius 1 is 1.41 bits per heavy atom. The topological polar surface area (TPSA) is 53.1 Å². The molecule has 0 bridgehead atoms. The molecule has 1 atom stereocenters. The smallest absolute Gasteiger partial charge is 0.0918 e. The molecule has 1 fully saturated rings. The summed E-state index contributed by atoms with van der Waals surface area (Å²) in [6.07, 6.45) is 8.72. The van der Waals surface area contributed by atoms with Crippen molar-refractivity contribution in [1.29, 1.82) is 5.41 Å². The summed E-state index contributed by atoms with van der Waals surface area (Å²) in [7, 11) is 0. The summed E-state index contributed by atoms with van der Waals surface area (Å²) in [4.78, 5) is 2.57. The number of unbranched alkanes of at least 4 members (excludes halogenated alkanes) is 1. The van der Waals surface area contributed by atoms with Crippen molar-refractivity contribution in [2.45, 2.75) is 64.8 Å². The molecule has 0 radical (unpaired) electrons. The molecular weight excluding hydrogens is 210 g/mol. The molecule has 3 heteroatoms. The van der Waals surface area contributed by atoms with Crippen LogP contribution in [-0.4, -0.2) is 29.9 Å². The van der Waals surface area contributed by atoms with Crippen LogP contribution >= 0.6 is 0 Å². The van der Waals surface area contributed by atoms with E-state index in [4.69, 9.17) is 11.1 Å². The summed E-state index contributed by atoms with van der Waals surface area (Å²) in [6.45, 7) is 6.77. The Kier molecular flexibility index (Phi) is 6.56. The summed E-state index contributed by atoms with van der Waals surface area (Å²) < 4.78 is 0. The molecule has 3 N–H and O–H groups in total. The Balaban J connectivity index is 2.32. The van der Waals surface area contributed by atoms with Gasteiger partial charge in [0.05, 0.1) is 5.84 Å². The minimum absolute atomic E-state index is 0.331. The number of rotatable bonds is 10. The van der Waals surface area contributed by atoms with Crippen LogP contribution in [0.25, 0.3) is 0 Å². The second-order valence-electron chi connectivity index (χ2n) is 5.42. The molecule has 1 aliphatic rings. The van der Waals surface area contributed by atoms with E-state index in [1.54, 1.807) is 0 Å². The molecule has 0 aromatic rings. The number of hydrogen-bond acceptors (Lipinski definition) is 2. The maximum absolute atomic E-state index is 7.34. The lowest BCUT2D eigenvalue weighted by atomic mass is 9.98. The van der Waals surface area contributed by atoms with Crippen molar-refractivity contribution in [3.63, 3.8) is 0 Å². The van der Waals surface area contributed by atoms with Crippen molar-refractivity contribution >= 4 is 5.84 Å². The highest BCUT2D eigenvalue weighted by Gasteiger charge is 2.29. The van der Waals surface area contributed by atoms with E-state index in [0.29, 0.717) is 5.84 Å². The molecule has 100 valence electrons. The highest BCUT2D eigenvalue weighted by molar-refractivity contribution is 5.76. The van der Waals surface area contributed by atoms with Crippen LogP contribution in [0.3, 0.4) is 0 Å². The first-order valence-electron chi connectivity index (χ1n) is 7.24. The fraction of sp³-hybridized carbons (Fsp3) is 0.929. The van der Waals surface area contributed by atoms with Crippen LogP contribution in [-0.2, 0) is 0 Å². The van der Waals surface area contributed by atoms with Crippen LogP contribution in [0.4, 0.5) is 0 Å². The van der Waals surface area contributed by atoms with Gasteiger partial charge in [-0.2, -0.15) is 0 Å². The molecule has 1 rings (SSSR count). The van der Waals surface area contributed by atoms with Crippen molar-refractivity contribution in [3.8, 4) is 0 Å². The molecule has 0 amide bonds. The zero-order valence-corrected chi connectivity index (χ0v) is 11.5. The highest BCUT2D eigenvalue weighted by Crippen LogP contribution is 2.29. The maximum Gasteiger partial charge on any atom is 0.0918 e. The Hall–Kier alpha value is -0.570. The summed E-state index contributed by atoms with van der Waals surface area (Å²) in [5.41, 5.74) is 5.46. The van der Waals surface area contributed by atoms with Gasteiger partial charge < -0.3 is 5.73 Å². The number of nitrogens with zero attached hydrogens (tertiary/aromatic N) is 1. The van der Waals surface area contributed by atoms with Crippen LogP contribution in [0.5, 0.6) is 0 Å². The van der Waals surface area contributed by atoms with Gasteiger partial charge >= 0.3 is 0 Å². The predicted molar refractivity (Wildman–Crippen MR) is 74.4 cm³/mol. The van der Waals surface area contributed by atoms with Gasteiger partial charge in [-0.1, -0.05) is 33.1 Å². The first kappa shape index (κ1) is 14.5. The van der Waals surface area contributed by atoms with Gasteiger partial charge in [0, 0.05) is 25.6 Å². The minimum atomic E-state index is 0.331. The SMILES string of the molecule is CCCCC(CC)CN(CCC(=N)N)C1CC1. The zero-order valence-electron chi connectivity index (χ0n) is 11.5. The Labute approximate surface area is 106 Å². The van der Waals surface area contributed by atoms with Gasteiger partial charge in [-0.15, -0.1) is 0 Å². The predicted octanol–water partition coefficient (Wildman–Crippen LogP) is 2.99. The van der Waals surface area contributed by atoms with Gasteiger partial charge in [0.25, 0.3) is 0 Å². The second-order valence-corrected chi connectivity index (χ2v) is 5.42. The second kappa shape index (κ2) is 7.70. The summed E-state index contributed by atoms with van der Waals surface area (Å²) in [6, 6.07) is 0.796. The Bertz CT molecular complexity index is 224. The fourth-order valence-electron chi connectivity index (χ4n) is 2.38. The largest absolute Gasteiger partial charge is 0.388 e. The van der Waals surface area contributed by atoms with Crippen LogP contribution in [0.2, 0.25) is 0 Å². The Morgan fingerprint density at radius 2 is 2.12 bits per heavy atom. The molecule has 0 saturated heterocycles. The van der Waals surface area contributed by atoms with E-state index in [-0.39, 0.29) is 0 Å². The lowest BCUT2D eigenvalue weighted by Crippen LogP contribution is -2.34. The van der Waals surface area contributed by atoms with Crippen LogP contribution in [0.1, 0.15) is 58.8 Å². The molecule has 3 nitrogen and oxygen atoms in total. The van der Waals surface area contributed by atoms with Crippen molar-refractivity contribution in [2.75, 3.05) is 13.1 Å². The molecule has 0 aromatic heterocycles. The van der Waals surface area contributed by atoms with Crippen molar-refractivity contribution in [1.82, 2.24) is 4.90 Å². The number of nitrogens with two attached hydrogens (primary N) is 1. The summed E-state index contributed by atoms with van der Waals surface area (Å²) >= 11 is 0. The van der Waals surface area contributed by atoms with E-state index in [0.717, 1.165) is 24.9 Å². The molecule has 0 spiro atoms. The van der Waals surface area contributed by atoms with E-state index in [2.05, 4.69) is 18.7 Å². The molecule has 1 unspecified atom stereocenters. The molecule has 0 aromatic carbocycles.